The molecule has 0 spiro atoms. The minimum Gasteiger partial charge on any atom is -0.478 e. The molecule has 0 bridgehead atoms. The van der Waals surface area contributed by atoms with Crippen molar-refractivity contribution in [2.75, 3.05) is 5.32 Å². The van der Waals surface area contributed by atoms with Gasteiger partial charge in [-0.3, -0.25) is 4.79 Å². The highest BCUT2D eigenvalue weighted by Gasteiger charge is 2.08. The highest BCUT2D eigenvalue weighted by molar-refractivity contribution is 7.10. The van der Waals surface area contributed by atoms with Gasteiger partial charge in [0.05, 0.1) is 12.1 Å². The number of rotatable bonds is 5. The minimum absolute atomic E-state index is 0.0732. The van der Waals surface area contributed by atoms with Crippen LogP contribution in [0.2, 0.25) is 0 Å². The maximum atomic E-state index is 13.8. The molecule has 1 heterocycles. The van der Waals surface area contributed by atoms with Gasteiger partial charge in [0.2, 0.25) is 5.91 Å². The Morgan fingerprint density at radius 1 is 1.33 bits per heavy atom. The van der Waals surface area contributed by atoms with E-state index in [-0.39, 0.29) is 18.0 Å². The van der Waals surface area contributed by atoms with E-state index >= 15 is 0 Å². The highest BCUT2D eigenvalue weighted by Crippen LogP contribution is 2.18. The molecule has 0 aliphatic rings. The molecule has 0 aliphatic heterocycles. The van der Waals surface area contributed by atoms with E-state index in [0.29, 0.717) is 5.56 Å². The summed E-state index contributed by atoms with van der Waals surface area (Å²) in [6, 6.07) is 7.78. The standard InChI is InChI=1S/C15H12FNO3S/c16-12-8-10(4-6-15(19)20)3-5-13(12)17-14(18)9-11-2-1-7-21-11/h1-8H,9H2,(H,17,18)(H,19,20). The molecule has 2 aromatic rings. The average molecular weight is 305 g/mol. The number of thiophene rings is 1. The molecule has 1 amide bonds. The number of carboxylic acids is 1. The van der Waals surface area contributed by atoms with Gasteiger partial charge in [0.1, 0.15) is 5.82 Å². The van der Waals surface area contributed by atoms with Crippen molar-refractivity contribution >= 4 is 35.0 Å². The van der Waals surface area contributed by atoms with Crippen LogP contribution >= 0.6 is 11.3 Å². The Bertz CT molecular complexity index is 680. The van der Waals surface area contributed by atoms with E-state index in [1.165, 1.54) is 35.6 Å². The molecule has 0 unspecified atom stereocenters. The van der Waals surface area contributed by atoms with Gasteiger partial charge >= 0.3 is 5.97 Å². The molecule has 1 aromatic carbocycles. The summed E-state index contributed by atoms with van der Waals surface area (Å²) in [4.78, 5) is 23.1. The van der Waals surface area contributed by atoms with Gasteiger partial charge in [0.15, 0.2) is 0 Å². The maximum absolute atomic E-state index is 13.8. The number of benzene rings is 1. The summed E-state index contributed by atoms with van der Waals surface area (Å²) in [6.45, 7) is 0. The molecule has 4 nitrogen and oxygen atoms in total. The van der Waals surface area contributed by atoms with Gasteiger partial charge in [-0.25, -0.2) is 9.18 Å². The van der Waals surface area contributed by atoms with E-state index in [1.54, 1.807) is 0 Å². The van der Waals surface area contributed by atoms with Crippen molar-refractivity contribution in [2.24, 2.45) is 0 Å². The van der Waals surface area contributed by atoms with Crippen LogP contribution in [0.3, 0.4) is 0 Å². The molecule has 0 saturated heterocycles. The number of amides is 1. The van der Waals surface area contributed by atoms with E-state index in [1.807, 2.05) is 17.5 Å². The fraction of sp³-hybridized carbons (Fsp3) is 0.0667. The van der Waals surface area contributed by atoms with Crippen molar-refractivity contribution in [3.63, 3.8) is 0 Å². The molecule has 0 saturated carbocycles. The zero-order valence-electron chi connectivity index (χ0n) is 10.9. The van der Waals surface area contributed by atoms with Crippen LogP contribution in [0.5, 0.6) is 0 Å². The molecule has 2 N–H and O–H groups in total. The van der Waals surface area contributed by atoms with Crippen LogP contribution in [0.15, 0.2) is 41.8 Å². The Kier molecular flexibility index (Phi) is 4.84. The fourth-order valence-electron chi connectivity index (χ4n) is 1.67. The van der Waals surface area contributed by atoms with Gasteiger partial charge in [-0.2, -0.15) is 0 Å². The number of hydrogen-bond acceptors (Lipinski definition) is 3. The summed E-state index contributed by atoms with van der Waals surface area (Å²) in [5.74, 6) is -2.02. The summed E-state index contributed by atoms with van der Waals surface area (Å²) in [5.41, 5.74) is 0.482. The van der Waals surface area contributed by atoms with Crippen LogP contribution < -0.4 is 5.32 Å². The second-order valence-corrected chi connectivity index (χ2v) is 5.25. The van der Waals surface area contributed by atoms with E-state index < -0.39 is 11.8 Å². The summed E-state index contributed by atoms with van der Waals surface area (Å²) in [5, 5.41) is 12.9. The predicted octanol–water partition coefficient (Wildman–Crippen LogP) is 3.17. The first kappa shape index (κ1) is 14.9. The summed E-state index contributed by atoms with van der Waals surface area (Å²) in [7, 11) is 0. The van der Waals surface area contributed by atoms with Crippen molar-refractivity contribution in [1.82, 2.24) is 0 Å². The van der Waals surface area contributed by atoms with Crippen molar-refractivity contribution in [3.8, 4) is 0 Å². The highest BCUT2D eigenvalue weighted by atomic mass is 32.1. The molecule has 0 aliphatic carbocycles. The van der Waals surface area contributed by atoms with Crippen LogP contribution in [0.4, 0.5) is 10.1 Å². The third-order valence-corrected chi connectivity index (χ3v) is 3.48. The molecular weight excluding hydrogens is 293 g/mol. The number of nitrogens with one attached hydrogen (secondary N) is 1. The fourth-order valence-corrected chi connectivity index (χ4v) is 2.37. The number of halogens is 1. The second kappa shape index (κ2) is 6.81. The average Bonchev–Trinajstić information content (AvgIpc) is 2.92. The summed E-state index contributed by atoms with van der Waals surface area (Å²) < 4.78 is 13.8. The van der Waals surface area contributed by atoms with Crippen LogP contribution in [0, 0.1) is 5.82 Å². The number of carbonyl (C=O) groups is 2. The number of hydrogen-bond donors (Lipinski definition) is 2. The van der Waals surface area contributed by atoms with E-state index in [9.17, 15) is 14.0 Å². The SMILES string of the molecule is O=C(O)C=Cc1ccc(NC(=O)Cc2cccs2)c(F)c1. The number of aliphatic carboxylic acids is 1. The van der Waals surface area contributed by atoms with E-state index in [0.717, 1.165) is 11.0 Å². The van der Waals surface area contributed by atoms with E-state index in [4.69, 9.17) is 5.11 Å². The molecule has 108 valence electrons. The van der Waals surface area contributed by atoms with Crippen LogP contribution in [0.1, 0.15) is 10.4 Å². The number of anilines is 1. The van der Waals surface area contributed by atoms with Crippen LogP contribution in [-0.2, 0) is 16.0 Å². The molecule has 6 heteroatoms. The van der Waals surface area contributed by atoms with Crippen molar-refractivity contribution in [1.29, 1.82) is 0 Å². The zero-order valence-corrected chi connectivity index (χ0v) is 11.7. The Morgan fingerprint density at radius 2 is 2.14 bits per heavy atom. The van der Waals surface area contributed by atoms with Crippen molar-refractivity contribution < 1.29 is 19.1 Å². The summed E-state index contributed by atoms with van der Waals surface area (Å²) >= 11 is 1.46. The van der Waals surface area contributed by atoms with Gasteiger partial charge in [0, 0.05) is 11.0 Å². The first-order valence-electron chi connectivity index (χ1n) is 6.07. The van der Waals surface area contributed by atoms with Crippen LogP contribution in [0.25, 0.3) is 6.08 Å². The van der Waals surface area contributed by atoms with Crippen molar-refractivity contribution in [3.05, 3.63) is 58.0 Å². The monoisotopic (exact) mass is 305 g/mol. The van der Waals surface area contributed by atoms with E-state index in [2.05, 4.69) is 5.32 Å². The van der Waals surface area contributed by atoms with Crippen molar-refractivity contribution in [2.45, 2.75) is 6.42 Å². The van der Waals surface area contributed by atoms with Gasteiger partial charge in [-0.05, 0) is 35.2 Å². The van der Waals surface area contributed by atoms with Crippen LogP contribution in [-0.4, -0.2) is 17.0 Å². The first-order valence-corrected chi connectivity index (χ1v) is 6.95. The third kappa shape index (κ3) is 4.54. The normalized spacial score (nSPS) is 10.7. The lowest BCUT2D eigenvalue weighted by Gasteiger charge is -2.06. The lowest BCUT2D eigenvalue weighted by molar-refractivity contribution is -0.131. The van der Waals surface area contributed by atoms with Gasteiger partial charge in [0.25, 0.3) is 0 Å². The summed E-state index contributed by atoms with van der Waals surface area (Å²) in [6.07, 6.45) is 2.39. The molecule has 0 atom stereocenters. The molecule has 2 rings (SSSR count). The Hall–Kier alpha value is -2.47. The quantitative estimate of drug-likeness (QED) is 0.834. The molecule has 21 heavy (non-hydrogen) atoms. The number of carboxylic acid groups (broad SMARTS) is 1. The Morgan fingerprint density at radius 3 is 2.76 bits per heavy atom. The Balaban J connectivity index is 2.03. The van der Waals surface area contributed by atoms with Gasteiger partial charge in [-0.15, -0.1) is 11.3 Å². The third-order valence-electron chi connectivity index (χ3n) is 2.60. The zero-order chi connectivity index (χ0) is 15.2. The largest absolute Gasteiger partial charge is 0.478 e. The maximum Gasteiger partial charge on any atom is 0.328 e. The molecule has 0 fully saturated rings. The van der Waals surface area contributed by atoms with Gasteiger partial charge < -0.3 is 10.4 Å². The second-order valence-electron chi connectivity index (χ2n) is 4.22. The first-order chi connectivity index (χ1) is 10.0. The predicted molar refractivity (Wildman–Crippen MR) is 79.7 cm³/mol. The molecule has 1 aromatic heterocycles. The lowest BCUT2D eigenvalue weighted by atomic mass is 10.1. The minimum atomic E-state index is -1.11. The topological polar surface area (TPSA) is 66.4 Å². The Labute approximate surface area is 124 Å². The molecular formula is C15H12FNO3S. The lowest BCUT2D eigenvalue weighted by Crippen LogP contribution is -2.14. The van der Waals surface area contributed by atoms with Gasteiger partial charge in [-0.1, -0.05) is 12.1 Å². The number of carbonyl (C=O) groups excluding carboxylic acids is 1. The molecule has 0 radical (unpaired) electrons. The smallest absolute Gasteiger partial charge is 0.328 e.